The first-order valence-corrected chi connectivity index (χ1v) is 14.3. The number of sulfonamides is 1. The number of piperidine rings is 1. The van der Waals surface area contributed by atoms with Crippen LogP contribution in [-0.2, 0) is 10.0 Å². The molecule has 2 aromatic carbocycles. The summed E-state index contributed by atoms with van der Waals surface area (Å²) in [5, 5.41) is 4.03. The van der Waals surface area contributed by atoms with Crippen molar-refractivity contribution in [1.29, 1.82) is 0 Å². The number of likely N-dealkylation sites (tertiary alicyclic amines) is 1. The second-order valence-electron chi connectivity index (χ2n) is 9.83. The molecular formula is C27H32FN7O2S. The van der Waals surface area contributed by atoms with Crippen LogP contribution in [0.3, 0.4) is 0 Å². The summed E-state index contributed by atoms with van der Waals surface area (Å²) in [7, 11) is 1.92. The average molecular weight is 538 g/mol. The Kier molecular flexibility index (Phi) is 6.97. The van der Waals surface area contributed by atoms with Gasteiger partial charge in [0.25, 0.3) is 0 Å². The highest BCUT2D eigenvalue weighted by Gasteiger charge is 2.23. The van der Waals surface area contributed by atoms with Crippen LogP contribution in [0.5, 0.6) is 0 Å². The highest BCUT2D eigenvalue weighted by molar-refractivity contribution is 7.92. The molecule has 2 N–H and O–H groups in total. The smallest absolute Gasteiger partial charge is 0.233 e. The van der Waals surface area contributed by atoms with E-state index in [1.165, 1.54) is 11.4 Å². The average Bonchev–Trinajstić information content (AvgIpc) is 3.37. The van der Waals surface area contributed by atoms with Gasteiger partial charge in [-0.05, 0) is 74.8 Å². The summed E-state index contributed by atoms with van der Waals surface area (Å²) >= 11 is 0. The number of nitrogens with zero attached hydrogens (tertiary/aromatic N) is 5. The minimum absolute atomic E-state index is 0.220. The third-order valence-corrected chi connectivity index (χ3v) is 8.42. The lowest BCUT2D eigenvalue weighted by molar-refractivity contribution is 0.253. The van der Waals surface area contributed by atoms with Crippen molar-refractivity contribution in [2.24, 2.45) is 0 Å². The number of hydrogen-bond donors (Lipinski definition) is 2. The van der Waals surface area contributed by atoms with Crippen LogP contribution in [0.1, 0.15) is 24.3 Å². The number of fused-ring (bicyclic) bond motifs is 1. The van der Waals surface area contributed by atoms with Crippen LogP contribution in [0.15, 0.2) is 54.7 Å². The minimum atomic E-state index is -3.47. The molecule has 0 atom stereocenters. The molecule has 0 aliphatic carbocycles. The SMILES string of the molecule is CN1CCC(c2ccc(N(C)c3nc(Nc4ccccc4N(C)S(C)(=O)=O)c4cc[nH]c4n3)cc2F)CC1. The van der Waals surface area contributed by atoms with Crippen LogP contribution in [0.25, 0.3) is 11.0 Å². The molecule has 0 radical (unpaired) electrons. The maximum Gasteiger partial charge on any atom is 0.233 e. The number of benzene rings is 2. The van der Waals surface area contributed by atoms with Crippen molar-refractivity contribution in [2.45, 2.75) is 18.8 Å². The van der Waals surface area contributed by atoms with E-state index in [1.54, 1.807) is 42.4 Å². The molecule has 38 heavy (non-hydrogen) atoms. The quantitative estimate of drug-likeness (QED) is 0.349. The zero-order valence-corrected chi connectivity index (χ0v) is 22.8. The van der Waals surface area contributed by atoms with Crippen molar-refractivity contribution >= 4 is 49.9 Å². The number of rotatable bonds is 7. The molecule has 1 saturated heterocycles. The van der Waals surface area contributed by atoms with Crippen molar-refractivity contribution in [3.63, 3.8) is 0 Å². The van der Waals surface area contributed by atoms with E-state index < -0.39 is 10.0 Å². The summed E-state index contributed by atoms with van der Waals surface area (Å²) in [5.41, 5.74) is 3.04. The van der Waals surface area contributed by atoms with Crippen LogP contribution in [0.2, 0.25) is 0 Å². The van der Waals surface area contributed by atoms with E-state index in [9.17, 15) is 8.42 Å². The minimum Gasteiger partial charge on any atom is -0.346 e. The zero-order chi connectivity index (χ0) is 27.0. The van der Waals surface area contributed by atoms with E-state index in [-0.39, 0.29) is 11.7 Å². The van der Waals surface area contributed by atoms with Gasteiger partial charge >= 0.3 is 0 Å². The first-order chi connectivity index (χ1) is 18.1. The van der Waals surface area contributed by atoms with Gasteiger partial charge < -0.3 is 20.1 Å². The number of para-hydroxylation sites is 2. The number of aromatic nitrogens is 3. The van der Waals surface area contributed by atoms with Gasteiger partial charge in [-0.25, -0.2) is 12.8 Å². The largest absolute Gasteiger partial charge is 0.346 e. The van der Waals surface area contributed by atoms with E-state index in [1.807, 2.05) is 24.3 Å². The lowest BCUT2D eigenvalue weighted by Gasteiger charge is -2.29. The highest BCUT2D eigenvalue weighted by atomic mass is 32.2. The van der Waals surface area contributed by atoms with Gasteiger partial charge in [0.05, 0.1) is 23.0 Å². The molecule has 4 aromatic rings. The predicted octanol–water partition coefficient (Wildman–Crippen LogP) is 4.81. The number of H-pyrrole nitrogens is 1. The normalized spacial score (nSPS) is 15.1. The Morgan fingerprint density at radius 2 is 1.82 bits per heavy atom. The number of nitrogens with one attached hydrogen (secondary N) is 2. The van der Waals surface area contributed by atoms with Crippen molar-refractivity contribution < 1.29 is 12.8 Å². The van der Waals surface area contributed by atoms with Gasteiger partial charge in [-0.1, -0.05) is 18.2 Å². The summed E-state index contributed by atoms with van der Waals surface area (Å²) in [6, 6.07) is 14.3. The topological polar surface area (TPSA) is 97.5 Å². The summed E-state index contributed by atoms with van der Waals surface area (Å²) in [4.78, 5) is 16.5. The number of halogens is 1. The van der Waals surface area contributed by atoms with Crippen molar-refractivity contribution in [1.82, 2.24) is 19.9 Å². The monoisotopic (exact) mass is 537 g/mol. The maximum absolute atomic E-state index is 15.2. The van der Waals surface area contributed by atoms with Gasteiger partial charge in [-0.15, -0.1) is 0 Å². The maximum atomic E-state index is 15.2. The van der Waals surface area contributed by atoms with Gasteiger partial charge in [0.15, 0.2) is 0 Å². The molecular weight excluding hydrogens is 505 g/mol. The lowest BCUT2D eigenvalue weighted by Crippen LogP contribution is -2.29. The van der Waals surface area contributed by atoms with E-state index in [4.69, 9.17) is 4.98 Å². The Morgan fingerprint density at radius 1 is 1.08 bits per heavy atom. The van der Waals surface area contributed by atoms with Crippen molar-refractivity contribution in [3.8, 4) is 0 Å². The molecule has 1 aliphatic rings. The van der Waals surface area contributed by atoms with Crippen LogP contribution < -0.4 is 14.5 Å². The van der Waals surface area contributed by atoms with Crippen LogP contribution in [0, 0.1) is 5.82 Å². The fourth-order valence-corrected chi connectivity index (χ4v) is 5.34. The first-order valence-electron chi connectivity index (χ1n) is 12.5. The third kappa shape index (κ3) is 5.16. The molecule has 200 valence electrons. The Labute approximate surface area is 222 Å². The van der Waals surface area contributed by atoms with E-state index in [0.717, 1.165) is 43.1 Å². The molecule has 2 aromatic heterocycles. The molecule has 5 rings (SSSR count). The molecule has 1 fully saturated rings. The Morgan fingerprint density at radius 3 is 2.53 bits per heavy atom. The fraction of sp³-hybridized carbons (Fsp3) is 0.333. The summed E-state index contributed by atoms with van der Waals surface area (Å²) in [6.45, 7) is 1.93. The van der Waals surface area contributed by atoms with Gasteiger partial charge in [-0.2, -0.15) is 9.97 Å². The van der Waals surface area contributed by atoms with Crippen LogP contribution in [0.4, 0.5) is 33.2 Å². The molecule has 0 amide bonds. The second-order valence-corrected chi connectivity index (χ2v) is 11.8. The van der Waals surface area contributed by atoms with Gasteiger partial charge in [-0.3, -0.25) is 4.31 Å². The summed E-state index contributed by atoms with van der Waals surface area (Å²) in [5.74, 6) is 0.859. The van der Waals surface area contributed by atoms with Crippen molar-refractivity contribution in [3.05, 3.63) is 66.1 Å². The molecule has 3 heterocycles. The second kappa shape index (κ2) is 10.2. The molecule has 9 nitrogen and oxygen atoms in total. The number of anilines is 5. The van der Waals surface area contributed by atoms with E-state index in [2.05, 4.69) is 27.2 Å². The molecule has 1 aliphatic heterocycles. The molecule has 11 heteroatoms. The predicted molar refractivity (Wildman–Crippen MR) is 151 cm³/mol. The third-order valence-electron chi connectivity index (χ3n) is 7.23. The lowest BCUT2D eigenvalue weighted by atomic mass is 9.89. The molecule has 0 spiro atoms. The van der Waals surface area contributed by atoms with E-state index >= 15 is 4.39 Å². The fourth-order valence-electron chi connectivity index (χ4n) is 4.83. The summed E-state index contributed by atoms with van der Waals surface area (Å²) < 4.78 is 40.9. The number of aromatic amines is 1. The van der Waals surface area contributed by atoms with E-state index in [0.29, 0.717) is 34.5 Å². The molecule has 0 saturated carbocycles. The summed E-state index contributed by atoms with van der Waals surface area (Å²) in [6.07, 6.45) is 4.81. The van der Waals surface area contributed by atoms with Gasteiger partial charge in [0.2, 0.25) is 16.0 Å². The number of hydrogen-bond acceptors (Lipinski definition) is 7. The van der Waals surface area contributed by atoms with Gasteiger partial charge in [0, 0.05) is 26.0 Å². The zero-order valence-electron chi connectivity index (χ0n) is 21.9. The van der Waals surface area contributed by atoms with Crippen LogP contribution >= 0.6 is 0 Å². The highest BCUT2D eigenvalue weighted by Crippen LogP contribution is 2.35. The Hall–Kier alpha value is -3.70. The molecule has 0 unspecified atom stereocenters. The standard InChI is InChI=1S/C27H32FN7O2S/c1-33-15-12-18(13-16-33)20-10-9-19(17-22(20)28)34(2)27-31-25-21(11-14-29-25)26(32-27)30-23-7-5-6-8-24(23)35(3)38(4,36)37/h5-11,14,17-18H,12-13,15-16H2,1-4H3,(H2,29,30,31,32). The molecule has 0 bridgehead atoms. The Balaban J connectivity index is 1.47. The Bertz CT molecular complexity index is 1560. The van der Waals surface area contributed by atoms with Crippen molar-refractivity contribution in [2.75, 3.05) is 55.0 Å². The van der Waals surface area contributed by atoms with Crippen LogP contribution in [-0.4, -0.2) is 68.8 Å². The first kappa shape index (κ1) is 25.9. The van der Waals surface area contributed by atoms with Gasteiger partial charge in [0.1, 0.15) is 17.3 Å².